The fraction of sp³-hybridized carbons (Fsp3) is 0.385. The van der Waals surface area contributed by atoms with E-state index >= 15 is 0 Å². The topological polar surface area (TPSA) is 64.4 Å². The van der Waals surface area contributed by atoms with Crippen molar-refractivity contribution in [1.82, 2.24) is 9.55 Å². The number of esters is 1. The van der Waals surface area contributed by atoms with E-state index in [1.807, 2.05) is 30.0 Å². The zero-order chi connectivity index (χ0) is 21.8. The quantitative estimate of drug-likeness (QED) is 0.491. The highest BCUT2D eigenvalue weighted by atomic mass is 16.5. The van der Waals surface area contributed by atoms with Gasteiger partial charge in [-0.05, 0) is 42.9 Å². The van der Waals surface area contributed by atoms with E-state index in [1.165, 1.54) is 0 Å². The van der Waals surface area contributed by atoms with Gasteiger partial charge in [-0.3, -0.25) is 4.79 Å². The van der Waals surface area contributed by atoms with Crippen molar-refractivity contribution in [2.24, 2.45) is 0 Å². The molecule has 1 aliphatic carbocycles. The molecule has 3 aromatic rings. The Balaban J connectivity index is 1.53. The highest BCUT2D eigenvalue weighted by Gasteiger charge is 2.52. The summed E-state index contributed by atoms with van der Waals surface area (Å²) >= 11 is 0. The van der Waals surface area contributed by atoms with E-state index in [0.29, 0.717) is 6.61 Å². The number of aliphatic hydroxyl groups is 1. The summed E-state index contributed by atoms with van der Waals surface area (Å²) in [5, 5.41) is 9.86. The molecule has 2 aromatic carbocycles. The molecule has 5 nitrogen and oxygen atoms in total. The number of nitrogens with zero attached hydrogens (tertiary/aromatic N) is 2. The Morgan fingerprint density at radius 3 is 2.19 bits per heavy atom. The van der Waals surface area contributed by atoms with Crippen LogP contribution in [0.2, 0.25) is 0 Å². The van der Waals surface area contributed by atoms with Crippen molar-refractivity contribution in [1.29, 1.82) is 0 Å². The van der Waals surface area contributed by atoms with Crippen LogP contribution in [0.1, 0.15) is 50.8 Å². The number of imidazole rings is 1. The van der Waals surface area contributed by atoms with E-state index in [2.05, 4.69) is 48.3 Å². The van der Waals surface area contributed by atoms with E-state index in [0.717, 1.165) is 65.9 Å². The molecule has 5 heteroatoms. The van der Waals surface area contributed by atoms with Crippen LogP contribution in [-0.2, 0) is 28.1 Å². The lowest BCUT2D eigenvalue weighted by Crippen LogP contribution is -2.23. The fourth-order valence-corrected chi connectivity index (χ4v) is 4.14. The van der Waals surface area contributed by atoms with Crippen LogP contribution in [0.15, 0.2) is 54.9 Å². The summed E-state index contributed by atoms with van der Waals surface area (Å²) < 4.78 is 7.32. The summed E-state index contributed by atoms with van der Waals surface area (Å²) in [5.74, 6) is -0.106. The van der Waals surface area contributed by atoms with Crippen molar-refractivity contribution < 1.29 is 14.6 Å². The van der Waals surface area contributed by atoms with Crippen molar-refractivity contribution in [3.05, 3.63) is 66.1 Å². The minimum absolute atomic E-state index is 0.0233. The Labute approximate surface area is 183 Å². The minimum atomic E-state index is -0.435. The molecule has 1 aliphatic rings. The lowest BCUT2D eigenvalue weighted by molar-refractivity contribution is -0.146. The number of rotatable bonds is 9. The molecule has 0 spiro atoms. The molecule has 0 bridgehead atoms. The number of aryl methyl sites for hydroxylation is 1. The van der Waals surface area contributed by atoms with Crippen LogP contribution in [0.3, 0.4) is 0 Å². The second-order valence-corrected chi connectivity index (χ2v) is 8.20. The molecule has 1 N–H and O–H groups in total. The molecule has 162 valence electrons. The van der Waals surface area contributed by atoms with Crippen molar-refractivity contribution in [3.8, 4) is 22.4 Å². The minimum Gasteiger partial charge on any atom is -0.465 e. The summed E-state index contributed by atoms with van der Waals surface area (Å²) in [6.07, 6.45) is 5.71. The summed E-state index contributed by atoms with van der Waals surface area (Å²) in [4.78, 5) is 16.9. The second-order valence-electron chi connectivity index (χ2n) is 8.20. The molecule has 1 heterocycles. The smallest absolute Gasteiger partial charge is 0.316 e. The van der Waals surface area contributed by atoms with Crippen LogP contribution < -0.4 is 0 Å². The Morgan fingerprint density at radius 2 is 1.65 bits per heavy atom. The zero-order valence-corrected chi connectivity index (χ0v) is 18.3. The van der Waals surface area contributed by atoms with Crippen LogP contribution in [-0.4, -0.2) is 27.2 Å². The first kappa shape index (κ1) is 21.3. The van der Waals surface area contributed by atoms with Crippen LogP contribution in [0.5, 0.6) is 0 Å². The number of aliphatic hydroxyl groups excluding tert-OH is 1. The van der Waals surface area contributed by atoms with Gasteiger partial charge in [0.2, 0.25) is 0 Å². The molecule has 0 saturated heterocycles. The maximum Gasteiger partial charge on any atom is 0.316 e. The third kappa shape index (κ3) is 4.15. The molecular formula is C26H30N2O3. The largest absolute Gasteiger partial charge is 0.465 e. The Kier molecular flexibility index (Phi) is 6.23. The van der Waals surface area contributed by atoms with Crippen molar-refractivity contribution >= 4 is 5.97 Å². The van der Waals surface area contributed by atoms with E-state index < -0.39 is 5.41 Å². The lowest BCUT2D eigenvalue weighted by Gasteiger charge is -2.14. The first-order chi connectivity index (χ1) is 15.1. The fourth-order valence-electron chi connectivity index (χ4n) is 4.14. The number of hydrogen-bond acceptors (Lipinski definition) is 4. The maximum atomic E-state index is 12.3. The van der Waals surface area contributed by atoms with E-state index in [4.69, 9.17) is 4.74 Å². The van der Waals surface area contributed by atoms with Crippen molar-refractivity contribution in [2.45, 2.75) is 58.1 Å². The third-order valence-corrected chi connectivity index (χ3v) is 6.19. The predicted octanol–water partition coefficient (Wildman–Crippen LogP) is 5.10. The van der Waals surface area contributed by atoms with Gasteiger partial charge < -0.3 is 14.4 Å². The molecule has 1 saturated carbocycles. The van der Waals surface area contributed by atoms with Gasteiger partial charge in [-0.2, -0.15) is 0 Å². The number of carbonyl (C=O) groups is 1. The third-order valence-electron chi connectivity index (χ3n) is 6.19. The molecule has 1 fully saturated rings. The van der Waals surface area contributed by atoms with Gasteiger partial charge in [-0.25, -0.2) is 4.98 Å². The number of hydrogen-bond donors (Lipinski definition) is 1. The SMILES string of the molecule is CCCCn1cnc(-c2ccc(-c3ccc(C4(C(=O)OCC)CC4)cc3)cc2)c1CO. The predicted molar refractivity (Wildman–Crippen MR) is 121 cm³/mol. The number of carbonyl (C=O) groups excluding carboxylic acids is 1. The molecule has 0 aliphatic heterocycles. The highest BCUT2D eigenvalue weighted by molar-refractivity contribution is 5.87. The number of aromatic nitrogens is 2. The summed E-state index contributed by atoms with van der Waals surface area (Å²) in [6.45, 7) is 5.27. The van der Waals surface area contributed by atoms with Gasteiger partial charge in [0, 0.05) is 12.1 Å². The zero-order valence-electron chi connectivity index (χ0n) is 18.3. The van der Waals surface area contributed by atoms with E-state index in [9.17, 15) is 9.90 Å². The summed E-state index contributed by atoms with van der Waals surface area (Å²) in [6, 6.07) is 16.5. The van der Waals surface area contributed by atoms with Gasteiger partial charge >= 0.3 is 5.97 Å². The molecule has 4 rings (SSSR count). The Hall–Kier alpha value is -2.92. The first-order valence-corrected chi connectivity index (χ1v) is 11.2. The molecule has 0 amide bonds. The van der Waals surface area contributed by atoms with Crippen LogP contribution in [0, 0.1) is 0 Å². The standard InChI is InChI=1S/C26H30N2O3/c1-3-5-16-28-18-27-24(23(28)17-29)21-8-6-19(7-9-21)20-10-12-22(13-11-20)26(14-15-26)25(30)31-4-2/h6-13,18,29H,3-5,14-17H2,1-2H3. The molecule has 31 heavy (non-hydrogen) atoms. The van der Waals surface area contributed by atoms with Crippen molar-refractivity contribution in [2.75, 3.05) is 6.61 Å². The number of unbranched alkanes of at least 4 members (excludes halogenated alkanes) is 1. The van der Waals surface area contributed by atoms with Crippen LogP contribution >= 0.6 is 0 Å². The molecular weight excluding hydrogens is 388 g/mol. The normalized spacial score (nSPS) is 14.4. The van der Waals surface area contributed by atoms with Gasteiger partial charge in [0.15, 0.2) is 0 Å². The number of ether oxygens (including phenoxy) is 1. The van der Waals surface area contributed by atoms with E-state index in [1.54, 1.807) is 0 Å². The Morgan fingerprint density at radius 1 is 1.03 bits per heavy atom. The molecule has 1 aromatic heterocycles. The lowest BCUT2D eigenvalue weighted by atomic mass is 9.93. The van der Waals surface area contributed by atoms with Crippen molar-refractivity contribution in [3.63, 3.8) is 0 Å². The second kappa shape index (κ2) is 9.06. The summed E-state index contributed by atoms with van der Waals surface area (Å²) in [5.41, 5.74) is 5.51. The highest BCUT2D eigenvalue weighted by Crippen LogP contribution is 2.49. The van der Waals surface area contributed by atoms with Gasteiger partial charge in [0.05, 0.1) is 36.3 Å². The summed E-state index contributed by atoms with van der Waals surface area (Å²) in [7, 11) is 0. The molecule has 0 atom stereocenters. The molecule has 0 unspecified atom stereocenters. The Bertz CT molecular complexity index is 1030. The van der Waals surface area contributed by atoms with Gasteiger partial charge in [-0.15, -0.1) is 0 Å². The van der Waals surface area contributed by atoms with Gasteiger partial charge in [-0.1, -0.05) is 61.9 Å². The van der Waals surface area contributed by atoms with Crippen LogP contribution in [0.4, 0.5) is 0 Å². The average Bonchev–Trinajstić information content (AvgIpc) is 3.52. The average molecular weight is 419 g/mol. The van der Waals surface area contributed by atoms with Gasteiger partial charge in [0.25, 0.3) is 0 Å². The first-order valence-electron chi connectivity index (χ1n) is 11.2. The van der Waals surface area contributed by atoms with Gasteiger partial charge in [0.1, 0.15) is 0 Å². The monoisotopic (exact) mass is 418 g/mol. The molecule has 0 radical (unpaired) electrons. The maximum absolute atomic E-state index is 12.3. The van der Waals surface area contributed by atoms with Crippen LogP contribution in [0.25, 0.3) is 22.4 Å². The van der Waals surface area contributed by atoms with E-state index in [-0.39, 0.29) is 12.6 Å². The number of benzene rings is 2.